The zero-order valence-corrected chi connectivity index (χ0v) is 9.78. The Labute approximate surface area is 98.1 Å². The Balaban J connectivity index is 2.02. The minimum atomic E-state index is -4.34. The van der Waals surface area contributed by atoms with Crippen LogP contribution in [0.1, 0.15) is 39.0 Å². The van der Waals surface area contributed by atoms with Gasteiger partial charge in [-0.25, -0.2) is 0 Å². The van der Waals surface area contributed by atoms with Gasteiger partial charge in [-0.2, -0.15) is 13.2 Å². The maximum Gasteiger partial charge on any atom is 0.411 e. The van der Waals surface area contributed by atoms with E-state index in [0.717, 1.165) is 12.8 Å². The molecule has 1 saturated heterocycles. The topological polar surface area (TPSA) is 41.1 Å². The van der Waals surface area contributed by atoms with E-state index in [-0.39, 0.29) is 12.8 Å². The van der Waals surface area contributed by atoms with Gasteiger partial charge < -0.3 is 10.6 Å². The van der Waals surface area contributed by atoms with Crippen LogP contribution < -0.4 is 10.6 Å². The first-order valence-electron chi connectivity index (χ1n) is 5.94. The molecule has 1 atom stereocenters. The molecule has 1 unspecified atom stereocenters. The van der Waals surface area contributed by atoms with Crippen molar-refractivity contribution in [2.24, 2.45) is 0 Å². The van der Waals surface area contributed by atoms with Gasteiger partial charge in [0.1, 0.15) is 5.54 Å². The molecule has 2 N–H and O–H groups in total. The van der Waals surface area contributed by atoms with E-state index in [4.69, 9.17) is 0 Å². The smallest absolute Gasteiger partial charge is 0.340 e. The van der Waals surface area contributed by atoms with Gasteiger partial charge in [-0.05, 0) is 45.6 Å². The summed E-state index contributed by atoms with van der Waals surface area (Å²) in [6.45, 7) is 2.36. The molecule has 6 heteroatoms. The number of carbonyl (C=O) groups excluding carboxylic acids is 1. The SMILES string of the molecule is CC1(C(=O)NC2(C(F)(F)F)CC2)CCCCN1. The number of nitrogens with one attached hydrogen (secondary N) is 2. The van der Waals surface area contributed by atoms with Crippen molar-refractivity contribution in [2.45, 2.75) is 56.3 Å². The largest absolute Gasteiger partial charge is 0.411 e. The van der Waals surface area contributed by atoms with Gasteiger partial charge in [0.15, 0.2) is 0 Å². The Hall–Kier alpha value is -0.780. The van der Waals surface area contributed by atoms with Crippen LogP contribution >= 0.6 is 0 Å². The summed E-state index contributed by atoms with van der Waals surface area (Å²) in [5, 5.41) is 5.21. The lowest BCUT2D eigenvalue weighted by atomic mass is 9.89. The standard InChI is InChI=1S/C11H17F3N2O/c1-9(4-2-3-7-15-9)8(17)16-10(5-6-10)11(12,13)14/h15H,2-7H2,1H3,(H,16,17). The maximum absolute atomic E-state index is 12.7. The fraction of sp³-hybridized carbons (Fsp3) is 0.909. The van der Waals surface area contributed by atoms with Crippen LogP contribution in [0.4, 0.5) is 13.2 Å². The first-order chi connectivity index (χ1) is 7.79. The predicted octanol–water partition coefficient (Wildman–Crippen LogP) is 1.73. The highest BCUT2D eigenvalue weighted by atomic mass is 19.4. The minimum Gasteiger partial charge on any atom is -0.340 e. The molecule has 98 valence electrons. The molecule has 0 aromatic heterocycles. The number of piperidine rings is 1. The van der Waals surface area contributed by atoms with Crippen LogP contribution in [0.5, 0.6) is 0 Å². The van der Waals surface area contributed by atoms with Crippen molar-refractivity contribution in [3.05, 3.63) is 0 Å². The Morgan fingerprint density at radius 3 is 2.29 bits per heavy atom. The van der Waals surface area contributed by atoms with E-state index in [0.29, 0.717) is 13.0 Å². The van der Waals surface area contributed by atoms with Crippen molar-refractivity contribution in [1.29, 1.82) is 0 Å². The molecule has 0 radical (unpaired) electrons. The summed E-state index contributed by atoms with van der Waals surface area (Å²) >= 11 is 0. The number of amides is 1. The number of hydrogen-bond donors (Lipinski definition) is 2. The first kappa shape index (κ1) is 12.7. The van der Waals surface area contributed by atoms with Crippen LogP contribution in [0.15, 0.2) is 0 Å². The highest BCUT2D eigenvalue weighted by Crippen LogP contribution is 2.49. The van der Waals surface area contributed by atoms with E-state index in [1.807, 2.05) is 0 Å². The second kappa shape index (κ2) is 3.86. The zero-order chi connectivity index (χ0) is 12.7. The van der Waals surface area contributed by atoms with Crippen LogP contribution in [0.2, 0.25) is 0 Å². The third kappa shape index (κ3) is 2.27. The predicted molar refractivity (Wildman–Crippen MR) is 56.4 cm³/mol. The summed E-state index contributed by atoms with van der Waals surface area (Å²) < 4.78 is 38.1. The summed E-state index contributed by atoms with van der Waals surface area (Å²) in [6, 6.07) is 0. The van der Waals surface area contributed by atoms with E-state index in [1.54, 1.807) is 6.92 Å². The van der Waals surface area contributed by atoms with Crippen molar-refractivity contribution < 1.29 is 18.0 Å². The second-order valence-electron chi connectivity index (χ2n) is 5.25. The van der Waals surface area contributed by atoms with Crippen molar-refractivity contribution in [3.63, 3.8) is 0 Å². The fourth-order valence-corrected chi connectivity index (χ4v) is 2.21. The van der Waals surface area contributed by atoms with Gasteiger partial charge in [-0.3, -0.25) is 4.79 Å². The molecule has 1 saturated carbocycles. The molecule has 1 aliphatic heterocycles. The molecule has 0 aromatic rings. The van der Waals surface area contributed by atoms with Crippen molar-refractivity contribution >= 4 is 5.91 Å². The fourth-order valence-electron chi connectivity index (χ4n) is 2.21. The van der Waals surface area contributed by atoms with E-state index in [9.17, 15) is 18.0 Å². The van der Waals surface area contributed by atoms with Crippen LogP contribution in [0, 0.1) is 0 Å². The van der Waals surface area contributed by atoms with E-state index >= 15 is 0 Å². The summed E-state index contributed by atoms with van der Waals surface area (Å²) in [6.07, 6.45) is -1.92. The molecule has 2 aliphatic rings. The zero-order valence-electron chi connectivity index (χ0n) is 9.78. The van der Waals surface area contributed by atoms with Crippen molar-refractivity contribution in [1.82, 2.24) is 10.6 Å². The molecule has 2 rings (SSSR count). The quantitative estimate of drug-likeness (QED) is 0.783. The molecule has 0 aromatic carbocycles. The monoisotopic (exact) mass is 250 g/mol. The Kier molecular flexibility index (Phi) is 2.88. The third-order valence-corrected chi connectivity index (χ3v) is 3.77. The summed E-state index contributed by atoms with van der Waals surface area (Å²) in [5.74, 6) is -0.521. The lowest BCUT2D eigenvalue weighted by Gasteiger charge is -2.35. The van der Waals surface area contributed by atoms with Gasteiger partial charge >= 0.3 is 6.18 Å². The van der Waals surface area contributed by atoms with Gasteiger partial charge in [0.05, 0.1) is 5.54 Å². The maximum atomic E-state index is 12.7. The van der Waals surface area contributed by atoms with Crippen LogP contribution in [0.25, 0.3) is 0 Å². The molecule has 0 bridgehead atoms. The molecule has 17 heavy (non-hydrogen) atoms. The number of carbonyl (C=O) groups is 1. The average molecular weight is 250 g/mol. The first-order valence-corrected chi connectivity index (χ1v) is 5.94. The lowest BCUT2D eigenvalue weighted by Crippen LogP contribution is -2.61. The molecule has 3 nitrogen and oxygen atoms in total. The van der Waals surface area contributed by atoms with Crippen LogP contribution in [-0.4, -0.2) is 29.7 Å². The van der Waals surface area contributed by atoms with Gasteiger partial charge in [0.25, 0.3) is 0 Å². The number of hydrogen-bond acceptors (Lipinski definition) is 2. The van der Waals surface area contributed by atoms with E-state index < -0.39 is 23.2 Å². The normalized spacial score (nSPS) is 32.0. The average Bonchev–Trinajstić information content (AvgIpc) is 2.99. The summed E-state index contributed by atoms with van der Waals surface area (Å²) in [5.41, 5.74) is -2.80. The molecule has 0 spiro atoms. The van der Waals surface area contributed by atoms with Crippen molar-refractivity contribution in [2.75, 3.05) is 6.54 Å². The highest BCUT2D eigenvalue weighted by molar-refractivity contribution is 5.87. The third-order valence-electron chi connectivity index (χ3n) is 3.77. The summed E-state index contributed by atoms with van der Waals surface area (Å²) in [7, 11) is 0. The van der Waals surface area contributed by atoms with Gasteiger partial charge in [-0.1, -0.05) is 0 Å². The molecule has 2 fully saturated rings. The molecular weight excluding hydrogens is 233 g/mol. The lowest BCUT2D eigenvalue weighted by molar-refractivity contribution is -0.172. The Morgan fingerprint density at radius 2 is 1.88 bits per heavy atom. The Morgan fingerprint density at radius 1 is 1.24 bits per heavy atom. The van der Waals surface area contributed by atoms with E-state index in [1.165, 1.54) is 0 Å². The molecular formula is C11H17F3N2O. The van der Waals surface area contributed by atoms with Gasteiger partial charge in [0.2, 0.25) is 5.91 Å². The number of alkyl halides is 3. The summed E-state index contributed by atoms with van der Waals surface area (Å²) in [4.78, 5) is 11.9. The Bertz CT molecular complexity index is 317. The van der Waals surface area contributed by atoms with Crippen molar-refractivity contribution in [3.8, 4) is 0 Å². The van der Waals surface area contributed by atoms with Crippen LogP contribution in [0.3, 0.4) is 0 Å². The molecule has 1 heterocycles. The number of rotatable bonds is 2. The van der Waals surface area contributed by atoms with Gasteiger partial charge in [0, 0.05) is 0 Å². The minimum absolute atomic E-state index is 0.00167. The highest BCUT2D eigenvalue weighted by Gasteiger charge is 2.65. The van der Waals surface area contributed by atoms with Gasteiger partial charge in [-0.15, -0.1) is 0 Å². The second-order valence-corrected chi connectivity index (χ2v) is 5.25. The number of halogens is 3. The molecule has 1 amide bonds. The van der Waals surface area contributed by atoms with E-state index in [2.05, 4.69) is 10.6 Å². The molecule has 1 aliphatic carbocycles. The van der Waals surface area contributed by atoms with Crippen LogP contribution in [-0.2, 0) is 4.79 Å².